The van der Waals surface area contributed by atoms with Crippen molar-refractivity contribution in [2.24, 2.45) is 0 Å². The summed E-state index contributed by atoms with van der Waals surface area (Å²) in [6.07, 6.45) is 2.97. The number of quaternary nitrogens is 1. The summed E-state index contributed by atoms with van der Waals surface area (Å²) in [6, 6.07) is 13.2. The van der Waals surface area contributed by atoms with Gasteiger partial charge in [-0.1, -0.05) is 38.1 Å². The number of hydrogen-bond donors (Lipinski definition) is 2. The van der Waals surface area contributed by atoms with Gasteiger partial charge in [0.1, 0.15) is 0 Å². The number of aromatic nitrogens is 1. The van der Waals surface area contributed by atoms with Crippen molar-refractivity contribution >= 4 is 22.5 Å². The zero-order valence-electron chi connectivity index (χ0n) is 18.3. The molecule has 0 saturated heterocycles. The highest BCUT2D eigenvalue weighted by Gasteiger charge is 2.63. The van der Waals surface area contributed by atoms with Gasteiger partial charge in [-0.25, -0.2) is 0 Å². The summed E-state index contributed by atoms with van der Waals surface area (Å²) < 4.78 is 0. The van der Waals surface area contributed by atoms with Gasteiger partial charge >= 0.3 is 0 Å². The van der Waals surface area contributed by atoms with Crippen molar-refractivity contribution in [1.29, 1.82) is 0 Å². The summed E-state index contributed by atoms with van der Waals surface area (Å²) in [5, 5.41) is 3.57. The van der Waals surface area contributed by atoms with Crippen LogP contribution < -0.4 is 10.2 Å². The molecule has 0 fully saturated rings. The third kappa shape index (κ3) is 2.03. The molecule has 3 aliphatic heterocycles. The molecule has 2 atom stereocenters. The fourth-order valence-corrected chi connectivity index (χ4v) is 6.54. The van der Waals surface area contributed by atoms with Crippen LogP contribution in [0.2, 0.25) is 0 Å². The number of anilines is 1. The van der Waals surface area contributed by atoms with Crippen LogP contribution in [0.4, 0.5) is 5.69 Å². The van der Waals surface area contributed by atoms with Crippen molar-refractivity contribution in [2.75, 3.05) is 11.4 Å². The van der Waals surface area contributed by atoms with Gasteiger partial charge in [-0.15, -0.1) is 0 Å². The number of nitrogens with zero attached hydrogens (tertiary/aromatic N) is 1. The number of hydrogen-bond acceptors (Lipinski definition) is 1. The monoisotopic (exact) mass is 400 g/mol. The Hall–Kier alpha value is -2.59. The molecule has 30 heavy (non-hydrogen) atoms. The fraction of sp³-hybridized carbons (Fsp3) is 0.423. The van der Waals surface area contributed by atoms with Gasteiger partial charge in [0.15, 0.2) is 0 Å². The van der Waals surface area contributed by atoms with Crippen LogP contribution in [0, 0.1) is 0 Å². The van der Waals surface area contributed by atoms with Crippen molar-refractivity contribution < 1.29 is 10.1 Å². The third-order valence-electron chi connectivity index (χ3n) is 7.79. The molecule has 0 bridgehead atoms. The Morgan fingerprint density at radius 1 is 1.23 bits per heavy atom. The molecule has 0 radical (unpaired) electrons. The largest absolute Gasteiger partial charge is 0.352 e. The van der Waals surface area contributed by atoms with E-state index >= 15 is 0 Å². The third-order valence-corrected chi connectivity index (χ3v) is 7.79. The molecular formula is C26H30N3O+. The maximum Gasteiger partial charge on any atom is 0.300 e. The van der Waals surface area contributed by atoms with Crippen LogP contribution in [-0.4, -0.2) is 23.0 Å². The van der Waals surface area contributed by atoms with E-state index in [1.54, 1.807) is 0 Å². The van der Waals surface area contributed by atoms with E-state index in [-0.39, 0.29) is 11.4 Å². The summed E-state index contributed by atoms with van der Waals surface area (Å²) in [4.78, 5) is 20.2. The first-order chi connectivity index (χ1) is 14.4. The lowest BCUT2D eigenvalue weighted by molar-refractivity contribution is -0.714. The molecule has 1 aromatic heterocycles. The molecule has 4 heterocycles. The Morgan fingerprint density at radius 2 is 2.03 bits per heavy atom. The molecule has 4 nitrogen and oxygen atoms in total. The number of nitrogens with two attached hydrogens (primary N) is 1. The van der Waals surface area contributed by atoms with Gasteiger partial charge in [0.05, 0.1) is 23.5 Å². The molecule has 1 amide bonds. The first-order valence-electron chi connectivity index (χ1n) is 11.3. The van der Waals surface area contributed by atoms with Gasteiger partial charge < -0.3 is 10.3 Å². The quantitative estimate of drug-likeness (QED) is 0.643. The minimum Gasteiger partial charge on any atom is -0.352 e. The fourth-order valence-electron chi connectivity index (χ4n) is 6.54. The Kier molecular flexibility index (Phi) is 3.49. The smallest absolute Gasteiger partial charge is 0.300 e. The van der Waals surface area contributed by atoms with Crippen molar-refractivity contribution in [3.05, 3.63) is 64.3 Å². The number of amides is 1. The number of fused-ring (bicyclic) bond motifs is 5. The summed E-state index contributed by atoms with van der Waals surface area (Å²) >= 11 is 0. The molecule has 0 saturated carbocycles. The molecule has 0 aliphatic carbocycles. The summed E-state index contributed by atoms with van der Waals surface area (Å²) in [5.41, 5.74) is 7.76. The molecule has 0 unspecified atom stereocenters. The van der Waals surface area contributed by atoms with E-state index in [2.05, 4.69) is 79.3 Å². The van der Waals surface area contributed by atoms with Crippen LogP contribution in [0.15, 0.2) is 36.4 Å². The van der Waals surface area contributed by atoms with Crippen molar-refractivity contribution in [3.63, 3.8) is 0 Å². The van der Waals surface area contributed by atoms with E-state index < -0.39 is 5.54 Å². The Balaban J connectivity index is 1.73. The minimum atomic E-state index is -0.691. The molecule has 3 aromatic rings. The highest BCUT2D eigenvalue weighted by atomic mass is 16.2. The Bertz CT molecular complexity index is 1220. The van der Waals surface area contributed by atoms with Gasteiger partial charge in [-0.2, -0.15) is 0 Å². The lowest BCUT2D eigenvalue weighted by atomic mass is 9.78. The average Bonchev–Trinajstić information content (AvgIpc) is 3.22. The molecule has 1 spiro atoms. The van der Waals surface area contributed by atoms with Crippen LogP contribution in [0.5, 0.6) is 0 Å². The maximum absolute atomic E-state index is 14.4. The van der Waals surface area contributed by atoms with Crippen LogP contribution in [0.25, 0.3) is 10.9 Å². The molecule has 6 rings (SSSR count). The van der Waals surface area contributed by atoms with E-state index in [0.29, 0.717) is 5.92 Å². The van der Waals surface area contributed by atoms with Crippen molar-refractivity contribution in [2.45, 2.75) is 64.0 Å². The number of aromatic amines is 1. The zero-order chi connectivity index (χ0) is 20.8. The molecule has 4 heteroatoms. The van der Waals surface area contributed by atoms with E-state index in [1.807, 2.05) is 0 Å². The number of carbonyl (C=O) groups excluding carboxylic acids is 1. The molecule has 3 N–H and O–H groups in total. The molecular weight excluding hydrogens is 370 g/mol. The second kappa shape index (κ2) is 5.76. The topological polar surface area (TPSA) is 52.7 Å². The normalized spacial score (nSPS) is 26.3. The van der Waals surface area contributed by atoms with Gasteiger partial charge in [0.2, 0.25) is 5.54 Å². The number of benzene rings is 2. The van der Waals surface area contributed by atoms with Crippen LogP contribution in [-0.2, 0) is 23.2 Å². The number of nitrogens with one attached hydrogen (secondary N) is 1. The van der Waals surface area contributed by atoms with Crippen LogP contribution in [0.3, 0.4) is 0 Å². The second-order valence-electron chi connectivity index (χ2n) is 10.1. The van der Waals surface area contributed by atoms with E-state index in [4.69, 9.17) is 0 Å². The Labute approximate surface area is 177 Å². The maximum atomic E-state index is 14.4. The minimum absolute atomic E-state index is 0.188. The van der Waals surface area contributed by atoms with Crippen molar-refractivity contribution in [1.82, 2.24) is 4.98 Å². The molecule has 2 aromatic carbocycles. The van der Waals surface area contributed by atoms with Gasteiger partial charge in [0.25, 0.3) is 5.91 Å². The van der Waals surface area contributed by atoms with Crippen LogP contribution >= 0.6 is 0 Å². The summed E-state index contributed by atoms with van der Waals surface area (Å²) in [7, 11) is 0. The summed E-state index contributed by atoms with van der Waals surface area (Å²) in [5.74, 6) is 0.682. The number of aryl methyl sites for hydroxylation is 1. The first kappa shape index (κ1) is 18.2. The highest BCUT2D eigenvalue weighted by Crippen LogP contribution is 2.55. The van der Waals surface area contributed by atoms with Crippen molar-refractivity contribution in [3.8, 4) is 0 Å². The standard InChI is InChI=1S/C26H29N3O/c1-5-16-12-19-15(2)14-25(3,4)29-22(19)20(13-16)26(24(29)30)23-18(10-11-27-26)17-8-6-7-9-21(17)28-23/h6-9,12-13,15,27-28H,5,10-11,14H2,1-4H3/p+1/t15-,26+/m0/s1. The highest BCUT2D eigenvalue weighted by molar-refractivity contribution is 6.12. The average molecular weight is 401 g/mol. The second-order valence-corrected chi connectivity index (χ2v) is 10.1. The lowest BCUT2D eigenvalue weighted by Gasteiger charge is -2.44. The number of carbonyl (C=O) groups is 1. The van der Waals surface area contributed by atoms with E-state index in [0.717, 1.165) is 37.0 Å². The van der Waals surface area contributed by atoms with Gasteiger partial charge in [-0.05, 0) is 61.4 Å². The Morgan fingerprint density at radius 3 is 2.83 bits per heavy atom. The predicted octanol–water partition coefficient (Wildman–Crippen LogP) is 3.73. The van der Waals surface area contributed by atoms with E-state index in [9.17, 15) is 4.79 Å². The van der Waals surface area contributed by atoms with E-state index in [1.165, 1.54) is 33.3 Å². The number of para-hydroxylation sites is 1. The number of rotatable bonds is 1. The molecule has 154 valence electrons. The number of H-pyrrole nitrogens is 1. The summed E-state index contributed by atoms with van der Waals surface area (Å²) in [6.45, 7) is 9.93. The zero-order valence-corrected chi connectivity index (χ0v) is 18.3. The lowest BCUT2D eigenvalue weighted by Crippen LogP contribution is -2.99. The SMILES string of the molecule is CCc1cc2c3c(c1)[C@]1([NH2+]CCc4c1[nH]c1ccccc41)C(=O)N3C(C)(C)C[C@@H]2C. The van der Waals surface area contributed by atoms with Gasteiger partial charge in [-0.3, -0.25) is 9.69 Å². The van der Waals surface area contributed by atoms with Crippen LogP contribution in [0.1, 0.15) is 68.0 Å². The predicted molar refractivity (Wildman–Crippen MR) is 120 cm³/mol. The van der Waals surface area contributed by atoms with Gasteiger partial charge in [0, 0.05) is 22.9 Å². The first-order valence-corrected chi connectivity index (χ1v) is 11.3. The molecule has 3 aliphatic rings.